The molecule has 6 heteroatoms. The van der Waals surface area contributed by atoms with Gasteiger partial charge in [0.15, 0.2) is 0 Å². The third-order valence-electron chi connectivity index (χ3n) is 2.26. The highest BCUT2D eigenvalue weighted by molar-refractivity contribution is 5.51. The predicted molar refractivity (Wildman–Crippen MR) is 65.6 cm³/mol. The van der Waals surface area contributed by atoms with Crippen molar-refractivity contribution in [2.24, 2.45) is 0 Å². The first-order valence-corrected chi connectivity index (χ1v) is 5.24. The zero-order valence-corrected chi connectivity index (χ0v) is 9.94. The van der Waals surface area contributed by atoms with Gasteiger partial charge < -0.3 is 21.1 Å². The van der Waals surface area contributed by atoms with Gasteiger partial charge in [0.1, 0.15) is 11.6 Å². The maximum atomic E-state index is 9.21. The summed E-state index contributed by atoms with van der Waals surface area (Å²) in [6, 6.07) is 1.82. The molecule has 0 aliphatic heterocycles. The van der Waals surface area contributed by atoms with Gasteiger partial charge in [-0.05, 0) is 13.3 Å². The minimum absolute atomic E-state index is 0.241. The number of aliphatic hydroxyl groups is 1. The SMILES string of the molecule is CNc1cc(N(C)CCC(C)O)nc(N)n1. The average Bonchev–Trinajstić information content (AvgIpc) is 2.24. The second-order valence-corrected chi connectivity index (χ2v) is 3.78. The fourth-order valence-electron chi connectivity index (χ4n) is 1.27. The summed E-state index contributed by atoms with van der Waals surface area (Å²) in [5.41, 5.74) is 5.59. The summed E-state index contributed by atoms with van der Waals surface area (Å²) < 4.78 is 0. The van der Waals surface area contributed by atoms with E-state index < -0.39 is 0 Å². The van der Waals surface area contributed by atoms with Gasteiger partial charge in [0, 0.05) is 26.7 Å². The second-order valence-electron chi connectivity index (χ2n) is 3.78. The Kier molecular flexibility index (Phi) is 4.30. The highest BCUT2D eigenvalue weighted by atomic mass is 16.3. The average molecular weight is 225 g/mol. The first-order chi connectivity index (χ1) is 7.52. The van der Waals surface area contributed by atoms with Crippen LogP contribution in [-0.4, -0.2) is 41.8 Å². The normalized spacial score (nSPS) is 12.2. The molecule has 1 unspecified atom stereocenters. The Labute approximate surface area is 95.5 Å². The summed E-state index contributed by atoms with van der Waals surface area (Å²) in [5, 5.41) is 12.1. The van der Waals surface area contributed by atoms with Crippen LogP contribution < -0.4 is 16.0 Å². The molecule has 0 fully saturated rings. The molecule has 1 heterocycles. The van der Waals surface area contributed by atoms with Crippen LogP contribution in [0.2, 0.25) is 0 Å². The van der Waals surface area contributed by atoms with Crippen LogP contribution in [0.15, 0.2) is 6.07 Å². The van der Waals surface area contributed by atoms with Gasteiger partial charge in [0.25, 0.3) is 0 Å². The van der Waals surface area contributed by atoms with Gasteiger partial charge in [-0.3, -0.25) is 0 Å². The van der Waals surface area contributed by atoms with Gasteiger partial charge >= 0.3 is 0 Å². The Morgan fingerprint density at radius 3 is 2.81 bits per heavy atom. The maximum absolute atomic E-state index is 9.21. The molecule has 1 atom stereocenters. The first kappa shape index (κ1) is 12.5. The molecule has 0 aromatic carbocycles. The number of aromatic nitrogens is 2. The van der Waals surface area contributed by atoms with Gasteiger partial charge in [0.05, 0.1) is 6.10 Å². The molecule has 0 amide bonds. The van der Waals surface area contributed by atoms with Crippen molar-refractivity contribution in [3.05, 3.63) is 6.07 Å². The van der Waals surface area contributed by atoms with E-state index in [0.717, 1.165) is 12.4 Å². The summed E-state index contributed by atoms with van der Waals surface area (Å²) in [7, 11) is 3.69. The van der Waals surface area contributed by atoms with E-state index in [-0.39, 0.29) is 12.1 Å². The Hall–Kier alpha value is -1.56. The van der Waals surface area contributed by atoms with Crippen LogP contribution in [0, 0.1) is 0 Å². The number of nitrogen functional groups attached to an aromatic ring is 1. The molecular formula is C10H19N5O. The molecule has 0 spiro atoms. The summed E-state index contributed by atoms with van der Waals surface area (Å²) in [5.74, 6) is 1.68. The highest BCUT2D eigenvalue weighted by Gasteiger charge is 2.07. The van der Waals surface area contributed by atoms with Crippen molar-refractivity contribution in [2.45, 2.75) is 19.4 Å². The fourth-order valence-corrected chi connectivity index (χ4v) is 1.27. The molecule has 1 rings (SSSR count). The lowest BCUT2D eigenvalue weighted by Crippen LogP contribution is -2.23. The predicted octanol–water partition coefficient (Wildman–Crippen LogP) is 0.308. The van der Waals surface area contributed by atoms with E-state index in [4.69, 9.17) is 5.73 Å². The minimum Gasteiger partial charge on any atom is -0.393 e. The number of anilines is 3. The van der Waals surface area contributed by atoms with Crippen molar-refractivity contribution in [1.82, 2.24) is 9.97 Å². The Bertz CT molecular complexity index is 342. The monoisotopic (exact) mass is 225 g/mol. The van der Waals surface area contributed by atoms with Crippen molar-refractivity contribution in [1.29, 1.82) is 0 Å². The quantitative estimate of drug-likeness (QED) is 0.668. The molecule has 16 heavy (non-hydrogen) atoms. The molecule has 1 aromatic heterocycles. The molecule has 90 valence electrons. The van der Waals surface area contributed by atoms with Crippen LogP contribution >= 0.6 is 0 Å². The van der Waals surface area contributed by atoms with Gasteiger partial charge in [-0.25, -0.2) is 0 Å². The summed E-state index contributed by atoms with van der Waals surface area (Å²) in [4.78, 5) is 10.1. The molecule has 1 aromatic rings. The Balaban J connectivity index is 2.74. The number of hydrogen-bond donors (Lipinski definition) is 3. The fraction of sp³-hybridized carbons (Fsp3) is 0.600. The first-order valence-electron chi connectivity index (χ1n) is 5.24. The molecule has 0 aliphatic carbocycles. The van der Waals surface area contributed by atoms with E-state index in [1.54, 1.807) is 14.0 Å². The van der Waals surface area contributed by atoms with Gasteiger partial charge in [-0.2, -0.15) is 9.97 Å². The van der Waals surface area contributed by atoms with Crippen molar-refractivity contribution in [2.75, 3.05) is 36.6 Å². The van der Waals surface area contributed by atoms with Gasteiger partial charge in [0.2, 0.25) is 5.95 Å². The number of nitrogens with zero attached hydrogens (tertiary/aromatic N) is 3. The second kappa shape index (κ2) is 5.50. The van der Waals surface area contributed by atoms with Crippen molar-refractivity contribution >= 4 is 17.6 Å². The molecule has 0 aliphatic rings. The van der Waals surface area contributed by atoms with E-state index in [9.17, 15) is 5.11 Å². The summed E-state index contributed by atoms with van der Waals surface area (Å²) >= 11 is 0. The van der Waals surface area contributed by atoms with Crippen molar-refractivity contribution < 1.29 is 5.11 Å². The molecule has 0 saturated heterocycles. The zero-order valence-electron chi connectivity index (χ0n) is 9.94. The maximum Gasteiger partial charge on any atom is 0.223 e. The number of nitrogens with one attached hydrogen (secondary N) is 1. The Morgan fingerprint density at radius 2 is 2.25 bits per heavy atom. The van der Waals surface area contributed by atoms with Crippen molar-refractivity contribution in [3.8, 4) is 0 Å². The smallest absolute Gasteiger partial charge is 0.223 e. The lowest BCUT2D eigenvalue weighted by molar-refractivity contribution is 0.187. The third-order valence-corrected chi connectivity index (χ3v) is 2.26. The van der Waals surface area contributed by atoms with E-state index in [0.29, 0.717) is 12.2 Å². The van der Waals surface area contributed by atoms with E-state index in [2.05, 4.69) is 15.3 Å². The van der Waals surface area contributed by atoms with E-state index in [1.807, 2.05) is 18.0 Å². The number of rotatable bonds is 5. The minimum atomic E-state index is -0.314. The molecular weight excluding hydrogens is 206 g/mol. The largest absolute Gasteiger partial charge is 0.393 e. The van der Waals surface area contributed by atoms with Crippen LogP contribution in [0.4, 0.5) is 17.6 Å². The molecule has 0 radical (unpaired) electrons. The molecule has 6 nitrogen and oxygen atoms in total. The van der Waals surface area contributed by atoms with Crippen LogP contribution in [-0.2, 0) is 0 Å². The highest BCUT2D eigenvalue weighted by Crippen LogP contribution is 2.15. The van der Waals surface area contributed by atoms with Crippen LogP contribution in [0.3, 0.4) is 0 Å². The van der Waals surface area contributed by atoms with Gasteiger partial charge in [-0.15, -0.1) is 0 Å². The zero-order chi connectivity index (χ0) is 12.1. The summed E-state index contributed by atoms with van der Waals surface area (Å²) in [6.07, 6.45) is 0.375. The molecule has 0 bridgehead atoms. The van der Waals surface area contributed by atoms with Crippen LogP contribution in [0.25, 0.3) is 0 Å². The molecule has 0 saturated carbocycles. The van der Waals surface area contributed by atoms with Crippen LogP contribution in [0.5, 0.6) is 0 Å². The lowest BCUT2D eigenvalue weighted by Gasteiger charge is -2.19. The standard InChI is InChI=1S/C10H19N5O/c1-7(16)4-5-15(3)9-6-8(12-2)13-10(11)14-9/h6-7,16H,4-5H2,1-3H3,(H3,11,12,13,14). The lowest BCUT2D eigenvalue weighted by atomic mass is 10.3. The van der Waals surface area contributed by atoms with E-state index >= 15 is 0 Å². The van der Waals surface area contributed by atoms with E-state index in [1.165, 1.54) is 0 Å². The number of aliphatic hydroxyl groups excluding tert-OH is 1. The molecule has 4 N–H and O–H groups in total. The summed E-state index contributed by atoms with van der Waals surface area (Å²) in [6.45, 7) is 2.48. The van der Waals surface area contributed by atoms with Gasteiger partial charge in [-0.1, -0.05) is 0 Å². The number of nitrogens with two attached hydrogens (primary N) is 1. The Morgan fingerprint density at radius 1 is 1.56 bits per heavy atom. The van der Waals surface area contributed by atoms with Crippen molar-refractivity contribution in [3.63, 3.8) is 0 Å². The number of hydrogen-bond acceptors (Lipinski definition) is 6. The topological polar surface area (TPSA) is 87.3 Å². The third kappa shape index (κ3) is 3.54. The van der Waals surface area contributed by atoms with Crippen LogP contribution in [0.1, 0.15) is 13.3 Å².